The highest BCUT2D eigenvalue weighted by Crippen LogP contribution is 2.16. The average Bonchev–Trinajstić information content (AvgIpc) is 2.73. The fraction of sp³-hybridized carbons (Fsp3) is 0.208. The van der Waals surface area contributed by atoms with Crippen LogP contribution in [0.25, 0.3) is 0 Å². The number of carbonyl (C=O) groups is 1. The molecule has 0 aliphatic carbocycles. The van der Waals surface area contributed by atoms with Crippen LogP contribution in [0.2, 0.25) is 0 Å². The van der Waals surface area contributed by atoms with E-state index in [1.54, 1.807) is 0 Å². The summed E-state index contributed by atoms with van der Waals surface area (Å²) in [7, 11) is 0. The van der Waals surface area contributed by atoms with Crippen LogP contribution in [-0.4, -0.2) is 17.1 Å². The highest BCUT2D eigenvalue weighted by Gasteiger charge is 2.13. The van der Waals surface area contributed by atoms with Gasteiger partial charge in [-0.1, -0.05) is 72.8 Å². The number of ether oxygens (including phenoxy) is 1. The molecule has 2 N–H and O–H groups in total. The second-order valence-corrected chi connectivity index (χ2v) is 6.78. The molecule has 0 aromatic heterocycles. The van der Waals surface area contributed by atoms with Gasteiger partial charge in [-0.25, -0.2) is 0 Å². The molecular weight excluding hydrogens is 350 g/mol. The van der Waals surface area contributed by atoms with Gasteiger partial charge in [-0.05, 0) is 35.2 Å². The summed E-state index contributed by atoms with van der Waals surface area (Å²) in [5.74, 6) is 0.00742. The first-order chi connectivity index (χ1) is 13.7. The number of benzene rings is 3. The van der Waals surface area contributed by atoms with Gasteiger partial charge in [-0.2, -0.15) is 0 Å². The lowest BCUT2D eigenvalue weighted by molar-refractivity contribution is -0.137. The Balaban J connectivity index is 1.55. The van der Waals surface area contributed by atoms with Gasteiger partial charge < -0.3 is 15.2 Å². The molecule has 28 heavy (non-hydrogen) atoms. The number of rotatable bonds is 10. The molecule has 0 radical (unpaired) electrons. The zero-order valence-corrected chi connectivity index (χ0v) is 15.8. The van der Waals surface area contributed by atoms with Crippen molar-refractivity contribution < 1.29 is 14.6 Å². The van der Waals surface area contributed by atoms with Crippen molar-refractivity contribution in [2.45, 2.75) is 32.0 Å². The first-order valence-corrected chi connectivity index (χ1v) is 9.44. The molecule has 0 heterocycles. The van der Waals surface area contributed by atoms with Gasteiger partial charge in [0.1, 0.15) is 12.4 Å². The second-order valence-electron chi connectivity index (χ2n) is 6.78. The number of nitrogens with one attached hydrogen (secondary N) is 1. The monoisotopic (exact) mass is 375 g/mol. The van der Waals surface area contributed by atoms with Crippen LogP contribution in [0, 0.1) is 0 Å². The summed E-state index contributed by atoms with van der Waals surface area (Å²) in [5.41, 5.74) is 3.35. The molecule has 0 saturated heterocycles. The lowest BCUT2D eigenvalue weighted by atomic mass is 10.0. The van der Waals surface area contributed by atoms with Crippen molar-refractivity contribution in [3.05, 3.63) is 102 Å². The molecule has 1 unspecified atom stereocenters. The van der Waals surface area contributed by atoms with E-state index in [0.29, 0.717) is 19.6 Å². The number of carboxylic acid groups (broad SMARTS) is 1. The Morgan fingerprint density at radius 3 is 2.04 bits per heavy atom. The second kappa shape index (κ2) is 10.3. The predicted molar refractivity (Wildman–Crippen MR) is 110 cm³/mol. The van der Waals surface area contributed by atoms with Crippen molar-refractivity contribution in [3.63, 3.8) is 0 Å². The highest BCUT2D eigenvalue weighted by atomic mass is 16.5. The molecular formula is C24H25NO3. The van der Waals surface area contributed by atoms with Crippen molar-refractivity contribution in [2.24, 2.45) is 0 Å². The van der Waals surface area contributed by atoms with E-state index >= 15 is 0 Å². The zero-order chi connectivity index (χ0) is 19.6. The van der Waals surface area contributed by atoms with Gasteiger partial charge in [0.25, 0.3) is 0 Å². The third-order valence-corrected chi connectivity index (χ3v) is 4.51. The summed E-state index contributed by atoms with van der Waals surface area (Å²) in [5, 5.41) is 12.6. The number of hydrogen-bond acceptors (Lipinski definition) is 3. The average molecular weight is 375 g/mol. The van der Waals surface area contributed by atoms with Crippen molar-refractivity contribution in [1.29, 1.82) is 0 Å². The Hall–Kier alpha value is -3.11. The summed E-state index contributed by atoms with van der Waals surface area (Å²) >= 11 is 0. The molecule has 1 atom stereocenters. The van der Waals surface area contributed by atoms with Gasteiger partial charge >= 0.3 is 5.97 Å². The predicted octanol–water partition coefficient (Wildman–Crippen LogP) is 4.44. The van der Waals surface area contributed by atoms with E-state index in [9.17, 15) is 9.90 Å². The molecule has 0 spiro atoms. The molecule has 0 saturated carbocycles. The Labute approximate surface area is 165 Å². The van der Waals surface area contributed by atoms with Crippen LogP contribution in [-0.2, 0) is 24.4 Å². The Kier molecular flexibility index (Phi) is 7.21. The van der Waals surface area contributed by atoms with Crippen LogP contribution in [0.5, 0.6) is 5.75 Å². The SMILES string of the molecule is O=C(O)CC(Cc1ccc(OCc2ccccc2)cc1)NCc1ccccc1. The van der Waals surface area contributed by atoms with Crippen LogP contribution in [0.4, 0.5) is 0 Å². The van der Waals surface area contributed by atoms with E-state index < -0.39 is 5.97 Å². The van der Waals surface area contributed by atoms with Gasteiger partial charge in [0.15, 0.2) is 0 Å². The van der Waals surface area contributed by atoms with E-state index in [-0.39, 0.29) is 12.5 Å². The van der Waals surface area contributed by atoms with Crippen LogP contribution in [0.3, 0.4) is 0 Å². The number of aliphatic carboxylic acids is 1. The molecule has 0 fully saturated rings. The van der Waals surface area contributed by atoms with E-state index in [4.69, 9.17) is 4.74 Å². The van der Waals surface area contributed by atoms with Crippen LogP contribution >= 0.6 is 0 Å². The van der Waals surface area contributed by atoms with Crippen LogP contribution < -0.4 is 10.1 Å². The van der Waals surface area contributed by atoms with Gasteiger partial charge in [-0.3, -0.25) is 4.79 Å². The van der Waals surface area contributed by atoms with E-state index in [1.165, 1.54) is 0 Å². The largest absolute Gasteiger partial charge is 0.489 e. The fourth-order valence-corrected chi connectivity index (χ4v) is 3.03. The van der Waals surface area contributed by atoms with Gasteiger partial charge in [0.2, 0.25) is 0 Å². The molecule has 0 aliphatic heterocycles. The smallest absolute Gasteiger partial charge is 0.304 e. The molecule has 3 aromatic carbocycles. The molecule has 4 nitrogen and oxygen atoms in total. The summed E-state index contributed by atoms with van der Waals surface area (Å²) in [6, 6.07) is 27.8. The first kappa shape index (κ1) is 19.6. The van der Waals surface area contributed by atoms with Crippen LogP contribution in [0.15, 0.2) is 84.9 Å². The highest BCUT2D eigenvalue weighted by molar-refractivity contribution is 5.67. The summed E-state index contributed by atoms with van der Waals surface area (Å²) in [6.45, 7) is 1.18. The zero-order valence-electron chi connectivity index (χ0n) is 15.8. The van der Waals surface area contributed by atoms with Crippen molar-refractivity contribution in [3.8, 4) is 5.75 Å². The third kappa shape index (κ3) is 6.56. The fourth-order valence-electron chi connectivity index (χ4n) is 3.03. The molecule has 0 amide bonds. The summed E-state index contributed by atoms with van der Waals surface area (Å²) in [4.78, 5) is 11.2. The van der Waals surface area contributed by atoms with Gasteiger partial charge in [0.05, 0.1) is 6.42 Å². The maximum atomic E-state index is 11.2. The molecule has 144 valence electrons. The van der Waals surface area contributed by atoms with E-state index in [1.807, 2.05) is 84.9 Å². The first-order valence-electron chi connectivity index (χ1n) is 9.44. The normalized spacial score (nSPS) is 11.7. The minimum atomic E-state index is -0.798. The standard InChI is InChI=1S/C24H25NO3/c26-24(27)16-22(25-17-20-7-3-1-4-8-20)15-19-11-13-23(14-12-19)28-18-21-9-5-2-6-10-21/h1-14,22,25H,15-18H2,(H,26,27). The molecule has 3 aromatic rings. The topological polar surface area (TPSA) is 58.6 Å². The summed E-state index contributed by atoms with van der Waals surface area (Å²) < 4.78 is 5.81. The number of hydrogen-bond donors (Lipinski definition) is 2. The van der Waals surface area contributed by atoms with Crippen LogP contribution in [0.1, 0.15) is 23.1 Å². The van der Waals surface area contributed by atoms with Crippen molar-refractivity contribution in [1.82, 2.24) is 5.32 Å². The minimum absolute atomic E-state index is 0.0824. The van der Waals surface area contributed by atoms with E-state index in [0.717, 1.165) is 22.4 Å². The quantitative estimate of drug-likeness (QED) is 0.550. The Morgan fingerprint density at radius 1 is 0.821 bits per heavy atom. The lowest BCUT2D eigenvalue weighted by Gasteiger charge is -2.17. The van der Waals surface area contributed by atoms with Crippen molar-refractivity contribution in [2.75, 3.05) is 0 Å². The maximum Gasteiger partial charge on any atom is 0.304 e. The van der Waals surface area contributed by atoms with E-state index in [2.05, 4.69) is 5.32 Å². The molecule has 4 heteroatoms. The third-order valence-electron chi connectivity index (χ3n) is 4.51. The van der Waals surface area contributed by atoms with Crippen molar-refractivity contribution >= 4 is 5.97 Å². The minimum Gasteiger partial charge on any atom is -0.489 e. The molecule has 0 aliphatic rings. The lowest BCUT2D eigenvalue weighted by Crippen LogP contribution is -2.33. The molecule has 0 bridgehead atoms. The Morgan fingerprint density at radius 2 is 1.43 bits per heavy atom. The summed E-state index contributed by atoms with van der Waals surface area (Å²) in [6.07, 6.45) is 0.733. The van der Waals surface area contributed by atoms with Gasteiger partial charge in [0, 0.05) is 12.6 Å². The Bertz CT molecular complexity index is 848. The maximum absolute atomic E-state index is 11.2. The molecule has 3 rings (SSSR count). The number of carboxylic acids is 1. The van der Waals surface area contributed by atoms with Gasteiger partial charge in [-0.15, -0.1) is 0 Å².